The number of nitriles is 1. The Balaban J connectivity index is 1.69. The van der Waals surface area contributed by atoms with Gasteiger partial charge in [0.2, 0.25) is 0 Å². The highest BCUT2D eigenvalue weighted by Gasteiger charge is 2.13. The Morgan fingerprint density at radius 3 is 2.43 bits per heavy atom. The van der Waals surface area contributed by atoms with E-state index in [1.807, 2.05) is 38.1 Å². The average molecular weight is 372 g/mol. The van der Waals surface area contributed by atoms with E-state index in [1.54, 1.807) is 36.5 Å². The minimum atomic E-state index is -0.0997. The maximum absolute atomic E-state index is 12.5. The summed E-state index contributed by atoms with van der Waals surface area (Å²) in [6.07, 6.45) is 3.20. The van der Waals surface area contributed by atoms with E-state index in [0.29, 0.717) is 23.5 Å². The van der Waals surface area contributed by atoms with Gasteiger partial charge in [-0.1, -0.05) is 12.1 Å². The molecule has 3 aromatic rings. The van der Waals surface area contributed by atoms with Crippen LogP contribution in [0.2, 0.25) is 0 Å². The molecule has 0 fully saturated rings. The van der Waals surface area contributed by atoms with Crippen LogP contribution in [0.5, 0.6) is 0 Å². The second-order valence-corrected chi connectivity index (χ2v) is 6.37. The van der Waals surface area contributed by atoms with Gasteiger partial charge in [0.15, 0.2) is 5.82 Å². The number of rotatable bonds is 5. The minimum Gasteiger partial charge on any atom is -0.363 e. The molecule has 0 unspecified atom stereocenters. The van der Waals surface area contributed by atoms with Gasteiger partial charge in [-0.3, -0.25) is 9.78 Å². The van der Waals surface area contributed by atoms with Crippen molar-refractivity contribution in [2.45, 2.75) is 20.4 Å². The summed E-state index contributed by atoms with van der Waals surface area (Å²) in [7, 11) is 1.74. The number of pyridine rings is 1. The van der Waals surface area contributed by atoms with E-state index < -0.39 is 0 Å². The van der Waals surface area contributed by atoms with Gasteiger partial charge >= 0.3 is 0 Å². The van der Waals surface area contributed by atoms with E-state index >= 15 is 0 Å². The molecule has 3 rings (SSSR count). The third-order valence-corrected chi connectivity index (χ3v) is 4.58. The number of aromatic nitrogens is 3. The third-order valence-electron chi connectivity index (χ3n) is 4.58. The molecule has 2 aromatic heterocycles. The normalized spacial score (nSPS) is 10.2. The number of nitrogens with zero attached hydrogens (tertiary/aromatic N) is 5. The number of carbonyl (C=O) groups is 1. The van der Waals surface area contributed by atoms with Gasteiger partial charge in [0.05, 0.1) is 5.69 Å². The van der Waals surface area contributed by atoms with Gasteiger partial charge in [-0.25, -0.2) is 0 Å². The SMILES string of the molecule is Cc1nnc(NCc2ccc(N(C)C(=O)c3ccncc3)cc2)c(C#N)c1C. The van der Waals surface area contributed by atoms with Crippen molar-refractivity contribution in [1.29, 1.82) is 5.26 Å². The molecule has 140 valence electrons. The Bertz CT molecular complexity index is 1030. The molecule has 0 saturated carbocycles. The van der Waals surface area contributed by atoms with E-state index in [0.717, 1.165) is 22.5 Å². The number of anilines is 2. The molecule has 0 spiro atoms. The zero-order chi connectivity index (χ0) is 20.1. The molecule has 7 heteroatoms. The number of benzene rings is 1. The fourth-order valence-electron chi connectivity index (χ4n) is 2.70. The highest BCUT2D eigenvalue weighted by molar-refractivity contribution is 6.05. The molecule has 0 aliphatic heterocycles. The van der Waals surface area contributed by atoms with Gasteiger partial charge in [0, 0.05) is 37.2 Å². The summed E-state index contributed by atoms with van der Waals surface area (Å²) in [5.41, 5.74) is 4.44. The van der Waals surface area contributed by atoms with Crippen molar-refractivity contribution < 1.29 is 4.79 Å². The average Bonchev–Trinajstić information content (AvgIpc) is 2.74. The van der Waals surface area contributed by atoms with Gasteiger partial charge in [0.25, 0.3) is 5.91 Å². The van der Waals surface area contributed by atoms with Crippen LogP contribution in [0.1, 0.15) is 32.7 Å². The molecule has 0 bridgehead atoms. The number of hydrogen-bond donors (Lipinski definition) is 1. The monoisotopic (exact) mass is 372 g/mol. The maximum atomic E-state index is 12.5. The van der Waals surface area contributed by atoms with Crippen LogP contribution >= 0.6 is 0 Å². The Kier molecular flexibility index (Phi) is 5.61. The lowest BCUT2D eigenvalue weighted by Gasteiger charge is -2.18. The van der Waals surface area contributed by atoms with E-state index in [1.165, 1.54) is 0 Å². The third kappa shape index (κ3) is 3.96. The first-order valence-electron chi connectivity index (χ1n) is 8.76. The van der Waals surface area contributed by atoms with Crippen molar-refractivity contribution in [2.24, 2.45) is 0 Å². The van der Waals surface area contributed by atoms with Crippen LogP contribution in [-0.4, -0.2) is 28.1 Å². The van der Waals surface area contributed by atoms with Crippen molar-refractivity contribution in [3.63, 3.8) is 0 Å². The van der Waals surface area contributed by atoms with Crippen LogP contribution in [0.15, 0.2) is 48.8 Å². The molecule has 1 N–H and O–H groups in total. The predicted octanol–water partition coefficient (Wildman–Crippen LogP) is 3.25. The van der Waals surface area contributed by atoms with Crippen LogP contribution in [0, 0.1) is 25.2 Å². The number of hydrogen-bond acceptors (Lipinski definition) is 6. The molecule has 0 aliphatic carbocycles. The zero-order valence-electron chi connectivity index (χ0n) is 16.0. The second-order valence-electron chi connectivity index (χ2n) is 6.37. The fourth-order valence-corrected chi connectivity index (χ4v) is 2.70. The summed E-state index contributed by atoms with van der Waals surface area (Å²) in [6, 6.07) is 13.2. The van der Waals surface area contributed by atoms with Gasteiger partial charge in [0.1, 0.15) is 11.6 Å². The van der Waals surface area contributed by atoms with Crippen molar-refractivity contribution in [3.8, 4) is 6.07 Å². The lowest BCUT2D eigenvalue weighted by atomic mass is 10.1. The summed E-state index contributed by atoms with van der Waals surface area (Å²) in [4.78, 5) is 18.0. The van der Waals surface area contributed by atoms with E-state index in [4.69, 9.17) is 0 Å². The summed E-state index contributed by atoms with van der Waals surface area (Å²) in [6.45, 7) is 4.18. The van der Waals surface area contributed by atoms with Crippen molar-refractivity contribution in [3.05, 3.63) is 76.7 Å². The first-order valence-corrected chi connectivity index (χ1v) is 8.76. The molecule has 0 radical (unpaired) electrons. The van der Waals surface area contributed by atoms with Crippen molar-refractivity contribution >= 4 is 17.4 Å². The number of aryl methyl sites for hydroxylation is 1. The first kappa shape index (κ1) is 19.0. The predicted molar refractivity (Wildman–Crippen MR) is 107 cm³/mol. The Morgan fingerprint density at radius 1 is 1.11 bits per heavy atom. The molecule has 2 heterocycles. The Hall–Kier alpha value is -3.79. The van der Waals surface area contributed by atoms with Gasteiger partial charge in [-0.05, 0) is 49.2 Å². The van der Waals surface area contributed by atoms with Crippen molar-refractivity contribution in [2.75, 3.05) is 17.3 Å². The lowest BCUT2D eigenvalue weighted by Crippen LogP contribution is -2.26. The zero-order valence-corrected chi connectivity index (χ0v) is 16.0. The molecule has 1 amide bonds. The van der Waals surface area contributed by atoms with Gasteiger partial charge in [-0.2, -0.15) is 10.4 Å². The summed E-state index contributed by atoms with van der Waals surface area (Å²) in [5.74, 6) is 0.372. The van der Waals surface area contributed by atoms with E-state index in [2.05, 4.69) is 26.6 Å². The van der Waals surface area contributed by atoms with Crippen LogP contribution in [-0.2, 0) is 6.54 Å². The molecule has 1 aromatic carbocycles. The molecule has 28 heavy (non-hydrogen) atoms. The lowest BCUT2D eigenvalue weighted by molar-refractivity contribution is 0.0993. The number of amides is 1. The second kappa shape index (κ2) is 8.27. The van der Waals surface area contributed by atoms with Crippen molar-refractivity contribution in [1.82, 2.24) is 15.2 Å². The highest BCUT2D eigenvalue weighted by Crippen LogP contribution is 2.20. The fraction of sp³-hybridized carbons (Fsp3) is 0.190. The van der Waals surface area contributed by atoms with Gasteiger partial charge in [-0.15, -0.1) is 5.10 Å². The van der Waals surface area contributed by atoms with Gasteiger partial charge < -0.3 is 10.2 Å². The minimum absolute atomic E-state index is 0.0997. The highest BCUT2D eigenvalue weighted by atomic mass is 16.2. The maximum Gasteiger partial charge on any atom is 0.258 e. The smallest absolute Gasteiger partial charge is 0.258 e. The number of nitrogens with one attached hydrogen (secondary N) is 1. The van der Waals surface area contributed by atoms with Crippen LogP contribution in [0.4, 0.5) is 11.5 Å². The topological polar surface area (TPSA) is 94.8 Å². The largest absolute Gasteiger partial charge is 0.363 e. The Labute approximate surface area is 163 Å². The number of carbonyl (C=O) groups excluding carboxylic acids is 1. The van der Waals surface area contributed by atoms with E-state index in [-0.39, 0.29) is 5.91 Å². The first-order chi connectivity index (χ1) is 13.5. The molecular formula is C21H20N6O. The summed E-state index contributed by atoms with van der Waals surface area (Å²) < 4.78 is 0. The van der Waals surface area contributed by atoms with E-state index in [9.17, 15) is 10.1 Å². The molecule has 0 saturated heterocycles. The van der Waals surface area contributed by atoms with Crippen LogP contribution in [0.3, 0.4) is 0 Å². The van der Waals surface area contributed by atoms with Crippen LogP contribution < -0.4 is 10.2 Å². The standard InChI is InChI=1S/C21H20N6O/c1-14-15(2)25-26-20(19(14)12-22)24-13-16-4-6-18(7-5-16)27(3)21(28)17-8-10-23-11-9-17/h4-11H,13H2,1-3H3,(H,24,26). The summed E-state index contributed by atoms with van der Waals surface area (Å²) in [5, 5.41) is 20.7. The van der Waals surface area contributed by atoms with Crippen LogP contribution in [0.25, 0.3) is 0 Å². The molecule has 0 aliphatic rings. The Morgan fingerprint density at radius 2 is 1.79 bits per heavy atom. The quantitative estimate of drug-likeness (QED) is 0.739. The molecular weight excluding hydrogens is 352 g/mol. The molecule has 0 atom stereocenters. The summed E-state index contributed by atoms with van der Waals surface area (Å²) >= 11 is 0. The molecule has 7 nitrogen and oxygen atoms in total.